The van der Waals surface area contributed by atoms with Crippen LogP contribution in [0.25, 0.3) is 0 Å². The van der Waals surface area contributed by atoms with Crippen molar-refractivity contribution in [2.24, 2.45) is 5.73 Å². The van der Waals surface area contributed by atoms with Gasteiger partial charge in [-0.15, -0.1) is 0 Å². The number of hydrogen-bond donors (Lipinski definition) is 1. The minimum absolute atomic E-state index is 0.0921. The molecule has 1 aromatic rings. The fourth-order valence-electron chi connectivity index (χ4n) is 3.71. The largest absolute Gasteiger partial charge is 0.322 e. The Balaban J connectivity index is 2.41. The fourth-order valence-corrected chi connectivity index (χ4v) is 4.10. The monoisotopic (exact) mass is 342 g/mol. The first kappa shape index (κ1) is 15.9. The van der Waals surface area contributed by atoms with Crippen LogP contribution in [0.3, 0.4) is 0 Å². The molecule has 2 rings (SSSR count). The van der Waals surface area contributed by atoms with Crippen molar-refractivity contribution >= 4 is 15.9 Å². The maximum Gasteiger partial charge on any atom is 0.142 e. The summed E-state index contributed by atoms with van der Waals surface area (Å²) >= 11 is 3.27. The number of nitrogens with two attached hydrogens (primary N) is 1. The molecule has 1 aromatic carbocycles. The average molecular weight is 343 g/mol. The van der Waals surface area contributed by atoms with Crippen LogP contribution in [0.4, 0.5) is 4.39 Å². The molecule has 0 aromatic heterocycles. The Morgan fingerprint density at radius 3 is 2.45 bits per heavy atom. The summed E-state index contributed by atoms with van der Waals surface area (Å²) in [5.41, 5.74) is 7.09. The molecule has 0 amide bonds. The molecule has 0 radical (unpaired) electrons. The number of hydrogen-bond acceptors (Lipinski definition) is 2. The van der Waals surface area contributed by atoms with E-state index in [1.807, 2.05) is 12.1 Å². The predicted octanol–water partition coefficient (Wildman–Crippen LogP) is 4.24. The molecule has 1 saturated carbocycles. The zero-order chi connectivity index (χ0) is 14.8. The van der Waals surface area contributed by atoms with Gasteiger partial charge in [-0.25, -0.2) is 4.39 Å². The van der Waals surface area contributed by atoms with Gasteiger partial charge in [0.15, 0.2) is 0 Å². The quantitative estimate of drug-likeness (QED) is 0.866. The van der Waals surface area contributed by atoms with Crippen molar-refractivity contribution in [1.29, 1.82) is 0 Å². The van der Waals surface area contributed by atoms with Gasteiger partial charge in [-0.3, -0.25) is 4.90 Å². The second-order valence-electron chi connectivity index (χ2n) is 5.60. The molecule has 1 aliphatic carbocycles. The summed E-state index contributed by atoms with van der Waals surface area (Å²) in [6.07, 6.45) is 4.48. The van der Waals surface area contributed by atoms with Gasteiger partial charge in [-0.2, -0.15) is 0 Å². The highest BCUT2D eigenvalue weighted by Gasteiger charge is 2.44. The van der Waals surface area contributed by atoms with Crippen LogP contribution in [0.1, 0.15) is 51.1 Å². The molecule has 0 aliphatic heterocycles. The van der Waals surface area contributed by atoms with Gasteiger partial charge in [0.25, 0.3) is 0 Å². The van der Waals surface area contributed by atoms with Crippen LogP contribution in [0.2, 0.25) is 0 Å². The minimum Gasteiger partial charge on any atom is -0.322 e. The zero-order valence-electron chi connectivity index (χ0n) is 12.3. The Morgan fingerprint density at radius 1 is 1.30 bits per heavy atom. The van der Waals surface area contributed by atoms with Crippen LogP contribution in [-0.4, -0.2) is 23.5 Å². The van der Waals surface area contributed by atoms with E-state index in [-0.39, 0.29) is 17.4 Å². The molecule has 0 saturated heterocycles. The first-order valence-corrected chi connectivity index (χ1v) is 8.30. The van der Waals surface area contributed by atoms with E-state index in [2.05, 4.69) is 34.7 Å². The highest BCUT2D eigenvalue weighted by Crippen LogP contribution is 2.44. The lowest BCUT2D eigenvalue weighted by molar-refractivity contribution is 0.0757. The lowest BCUT2D eigenvalue weighted by Gasteiger charge is -2.45. The summed E-state index contributed by atoms with van der Waals surface area (Å²) in [4.78, 5) is 2.42. The molecule has 1 fully saturated rings. The van der Waals surface area contributed by atoms with Crippen LogP contribution in [0.15, 0.2) is 22.7 Å². The van der Waals surface area contributed by atoms with Gasteiger partial charge in [0.1, 0.15) is 5.82 Å². The van der Waals surface area contributed by atoms with Crippen molar-refractivity contribution in [2.45, 2.75) is 51.1 Å². The molecule has 112 valence electrons. The van der Waals surface area contributed by atoms with E-state index in [4.69, 9.17) is 5.73 Å². The Hall–Kier alpha value is -0.450. The third kappa shape index (κ3) is 2.66. The van der Waals surface area contributed by atoms with Crippen molar-refractivity contribution in [3.8, 4) is 0 Å². The van der Waals surface area contributed by atoms with Crippen LogP contribution < -0.4 is 5.73 Å². The minimum atomic E-state index is -0.276. The van der Waals surface area contributed by atoms with E-state index in [0.717, 1.165) is 25.9 Å². The molecule has 20 heavy (non-hydrogen) atoms. The first-order chi connectivity index (χ1) is 9.56. The Bertz CT molecular complexity index is 454. The summed E-state index contributed by atoms with van der Waals surface area (Å²) < 4.78 is 14.9. The summed E-state index contributed by atoms with van der Waals surface area (Å²) in [6.45, 7) is 6.24. The SMILES string of the molecule is CCN(CC)C1(C(N)c2cccc(Br)c2F)CCCC1. The lowest BCUT2D eigenvalue weighted by Crippen LogP contribution is -2.53. The first-order valence-electron chi connectivity index (χ1n) is 7.51. The Morgan fingerprint density at radius 2 is 1.90 bits per heavy atom. The van der Waals surface area contributed by atoms with Gasteiger partial charge < -0.3 is 5.73 Å². The molecule has 1 unspecified atom stereocenters. The standard InChI is InChI=1S/C16H24BrFN2/c1-3-20(4-2)16(10-5-6-11-16)15(19)12-8-7-9-13(17)14(12)18/h7-9,15H,3-6,10-11,19H2,1-2H3. The van der Waals surface area contributed by atoms with Crippen molar-refractivity contribution in [3.05, 3.63) is 34.1 Å². The molecule has 4 heteroatoms. The maximum absolute atomic E-state index is 14.4. The highest BCUT2D eigenvalue weighted by molar-refractivity contribution is 9.10. The summed E-state index contributed by atoms with van der Waals surface area (Å²) in [7, 11) is 0. The zero-order valence-corrected chi connectivity index (χ0v) is 13.9. The van der Waals surface area contributed by atoms with Crippen molar-refractivity contribution in [2.75, 3.05) is 13.1 Å². The highest BCUT2D eigenvalue weighted by atomic mass is 79.9. The smallest absolute Gasteiger partial charge is 0.142 e. The third-order valence-electron chi connectivity index (χ3n) is 4.76. The van der Waals surface area contributed by atoms with E-state index in [1.54, 1.807) is 6.07 Å². The second kappa shape index (κ2) is 6.54. The maximum atomic E-state index is 14.4. The van der Waals surface area contributed by atoms with E-state index in [0.29, 0.717) is 10.0 Å². The Labute approximate surface area is 129 Å². The van der Waals surface area contributed by atoms with Crippen molar-refractivity contribution in [3.63, 3.8) is 0 Å². The summed E-state index contributed by atoms with van der Waals surface area (Å²) in [6, 6.07) is 5.15. The van der Waals surface area contributed by atoms with Gasteiger partial charge in [0, 0.05) is 11.1 Å². The van der Waals surface area contributed by atoms with E-state index >= 15 is 0 Å². The molecule has 1 atom stereocenters. The topological polar surface area (TPSA) is 29.3 Å². The van der Waals surface area contributed by atoms with Crippen LogP contribution >= 0.6 is 15.9 Å². The van der Waals surface area contributed by atoms with Crippen molar-refractivity contribution in [1.82, 2.24) is 4.90 Å². The normalized spacial score (nSPS) is 19.5. The second-order valence-corrected chi connectivity index (χ2v) is 6.46. The molecule has 2 N–H and O–H groups in total. The molecule has 0 bridgehead atoms. The van der Waals surface area contributed by atoms with E-state index < -0.39 is 0 Å². The van der Waals surface area contributed by atoms with Crippen molar-refractivity contribution < 1.29 is 4.39 Å². The molecule has 1 aliphatic rings. The third-order valence-corrected chi connectivity index (χ3v) is 5.37. The predicted molar refractivity (Wildman–Crippen MR) is 85.1 cm³/mol. The van der Waals surface area contributed by atoms with Gasteiger partial charge >= 0.3 is 0 Å². The van der Waals surface area contributed by atoms with Gasteiger partial charge in [-0.05, 0) is 47.9 Å². The fraction of sp³-hybridized carbons (Fsp3) is 0.625. The van der Waals surface area contributed by atoms with Crippen LogP contribution in [0.5, 0.6) is 0 Å². The van der Waals surface area contributed by atoms with Gasteiger partial charge in [-0.1, -0.05) is 38.8 Å². The number of halogens is 2. The molecule has 2 nitrogen and oxygen atoms in total. The number of likely N-dealkylation sites (N-methyl/N-ethyl adjacent to an activating group) is 1. The molecule has 0 heterocycles. The average Bonchev–Trinajstić information content (AvgIpc) is 2.93. The summed E-state index contributed by atoms with van der Waals surface area (Å²) in [5, 5.41) is 0. The van der Waals surface area contributed by atoms with E-state index in [1.165, 1.54) is 12.8 Å². The van der Waals surface area contributed by atoms with E-state index in [9.17, 15) is 4.39 Å². The Kier molecular flexibility index (Phi) is 5.21. The molecule has 0 spiro atoms. The van der Waals surface area contributed by atoms with Crippen LogP contribution in [0, 0.1) is 5.82 Å². The molecular weight excluding hydrogens is 319 g/mol. The number of benzene rings is 1. The van der Waals surface area contributed by atoms with Gasteiger partial charge in [0.05, 0.1) is 10.5 Å². The molecular formula is C16H24BrFN2. The summed E-state index contributed by atoms with van der Waals surface area (Å²) in [5.74, 6) is -0.210. The van der Waals surface area contributed by atoms with Crippen LogP contribution in [-0.2, 0) is 0 Å². The number of nitrogens with zero attached hydrogens (tertiary/aromatic N) is 1. The van der Waals surface area contributed by atoms with Gasteiger partial charge in [0.2, 0.25) is 0 Å². The lowest BCUT2D eigenvalue weighted by atomic mass is 9.82. The number of rotatable bonds is 5.